The second-order valence-corrected chi connectivity index (χ2v) is 3.40. The fourth-order valence-corrected chi connectivity index (χ4v) is 1.43. The van der Waals surface area contributed by atoms with Crippen LogP contribution in [0, 0.1) is 0 Å². The Kier molecular flexibility index (Phi) is 5.62. The van der Waals surface area contributed by atoms with E-state index in [0.29, 0.717) is 5.56 Å². The lowest BCUT2D eigenvalue weighted by molar-refractivity contribution is -0.106. The predicted octanol–water partition coefficient (Wildman–Crippen LogP) is 0.700. The molecular formula is C12H17NO4. The molecule has 0 heterocycles. The van der Waals surface area contributed by atoms with Gasteiger partial charge in [-0.3, -0.25) is 4.79 Å². The lowest BCUT2D eigenvalue weighted by Gasteiger charge is -2.13. The highest BCUT2D eigenvalue weighted by atomic mass is 16.7. The molecule has 0 aliphatic heterocycles. The van der Waals surface area contributed by atoms with Gasteiger partial charge in [-0.1, -0.05) is 12.1 Å². The fraction of sp³-hybridized carbons (Fsp3) is 0.417. The van der Waals surface area contributed by atoms with E-state index in [4.69, 9.17) is 14.6 Å². The van der Waals surface area contributed by atoms with Crippen LogP contribution in [-0.4, -0.2) is 38.4 Å². The summed E-state index contributed by atoms with van der Waals surface area (Å²) in [6, 6.07) is 6.91. The first-order chi connectivity index (χ1) is 8.22. The lowest BCUT2D eigenvalue weighted by atomic mass is 10.1. The van der Waals surface area contributed by atoms with Gasteiger partial charge in [-0.05, 0) is 12.1 Å². The molecule has 0 fully saturated rings. The molecule has 1 amide bonds. The molecule has 0 atom stereocenters. The number of hydrogen-bond acceptors (Lipinski definition) is 4. The Morgan fingerprint density at radius 2 is 1.88 bits per heavy atom. The van der Waals surface area contributed by atoms with Gasteiger partial charge in [0.25, 0.3) is 5.91 Å². The zero-order chi connectivity index (χ0) is 12.7. The molecule has 2 N–H and O–H groups in total. The zero-order valence-corrected chi connectivity index (χ0v) is 9.97. The Hall–Kier alpha value is -1.43. The highest BCUT2D eigenvalue weighted by Crippen LogP contribution is 2.17. The Balaban J connectivity index is 2.70. The number of carbonyl (C=O) groups is 1. The predicted molar refractivity (Wildman–Crippen MR) is 62.6 cm³/mol. The molecule has 5 heteroatoms. The first-order valence-electron chi connectivity index (χ1n) is 5.27. The van der Waals surface area contributed by atoms with Crippen LogP contribution >= 0.6 is 0 Å². The van der Waals surface area contributed by atoms with Crippen molar-refractivity contribution in [3.63, 3.8) is 0 Å². The van der Waals surface area contributed by atoms with Crippen LogP contribution in [0.3, 0.4) is 0 Å². The van der Waals surface area contributed by atoms with E-state index in [-0.39, 0.29) is 19.1 Å². The molecule has 0 aliphatic rings. The van der Waals surface area contributed by atoms with E-state index in [1.54, 1.807) is 38.5 Å². The Morgan fingerprint density at radius 1 is 1.29 bits per heavy atom. The third kappa shape index (κ3) is 3.81. The number of nitrogens with one attached hydrogen (secondary N) is 1. The average molecular weight is 239 g/mol. The van der Waals surface area contributed by atoms with E-state index < -0.39 is 6.29 Å². The minimum Gasteiger partial charge on any atom is -0.395 e. The molecule has 0 aromatic heterocycles. The van der Waals surface area contributed by atoms with Crippen LogP contribution in [-0.2, 0) is 9.47 Å². The van der Waals surface area contributed by atoms with Gasteiger partial charge in [-0.15, -0.1) is 0 Å². The van der Waals surface area contributed by atoms with E-state index in [2.05, 4.69) is 5.32 Å². The van der Waals surface area contributed by atoms with E-state index in [0.717, 1.165) is 5.56 Å². The van der Waals surface area contributed by atoms with Gasteiger partial charge in [0.2, 0.25) is 0 Å². The molecule has 0 saturated heterocycles. The summed E-state index contributed by atoms with van der Waals surface area (Å²) in [5, 5.41) is 11.2. The van der Waals surface area contributed by atoms with E-state index in [1.807, 2.05) is 0 Å². The maximum Gasteiger partial charge on any atom is 0.251 e. The molecule has 0 spiro atoms. The van der Waals surface area contributed by atoms with Crippen LogP contribution in [0.4, 0.5) is 0 Å². The van der Waals surface area contributed by atoms with Crippen molar-refractivity contribution < 1.29 is 19.4 Å². The maximum absolute atomic E-state index is 11.5. The fourth-order valence-electron chi connectivity index (χ4n) is 1.43. The van der Waals surface area contributed by atoms with Crippen LogP contribution in [0.5, 0.6) is 0 Å². The molecule has 1 aromatic carbocycles. The molecule has 1 rings (SSSR count). The number of methoxy groups -OCH3 is 2. The molecule has 0 saturated carbocycles. The van der Waals surface area contributed by atoms with Crippen LogP contribution in [0.15, 0.2) is 24.3 Å². The molecule has 1 aromatic rings. The molecule has 17 heavy (non-hydrogen) atoms. The summed E-state index contributed by atoms with van der Waals surface area (Å²) < 4.78 is 10.2. The lowest BCUT2D eigenvalue weighted by Crippen LogP contribution is -2.26. The van der Waals surface area contributed by atoms with Crippen LogP contribution < -0.4 is 5.32 Å². The number of rotatable bonds is 6. The number of aliphatic hydroxyl groups is 1. The Labute approximate surface area is 100 Å². The number of benzene rings is 1. The largest absolute Gasteiger partial charge is 0.395 e. The topological polar surface area (TPSA) is 67.8 Å². The summed E-state index contributed by atoms with van der Waals surface area (Å²) in [6.45, 7) is 0.179. The quantitative estimate of drug-likeness (QED) is 0.717. The van der Waals surface area contributed by atoms with E-state index in [9.17, 15) is 4.79 Å². The van der Waals surface area contributed by atoms with Crippen LogP contribution in [0.25, 0.3) is 0 Å². The smallest absolute Gasteiger partial charge is 0.251 e. The molecule has 5 nitrogen and oxygen atoms in total. The summed E-state index contributed by atoms with van der Waals surface area (Å²) in [4.78, 5) is 11.5. The highest BCUT2D eigenvalue weighted by Gasteiger charge is 2.10. The monoisotopic (exact) mass is 239 g/mol. The van der Waals surface area contributed by atoms with Crippen LogP contribution in [0.2, 0.25) is 0 Å². The van der Waals surface area contributed by atoms with Crippen molar-refractivity contribution in [3.8, 4) is 0 Å². The van der Waals surface area contributed by atoms with Crippen molar-refractivity contribution in [1.82, 2.24) is 5.32 Å². The second kappa shape index (κ2) is 7.01. The van der Waals surface area contributed by atoms with Gasteiger partial charge < -0.3 is 19.9 Å². The zero-order valence-electron chi connectivity index (χ0n) is 9.97. The van der Waals surface area contributed by atoms with Gasteiger partial charge in [0.1, 0.15) is 0 Å². The van der Waals surface area contributed by atoms with Crippen molar-refractivity contribution >= 4 is 5.91 Å². The standard InChI is InChI=1S/C12H17NO4/c1-16-12(17-2)10-5-3-9(4-6-10)11(15)13-7-8-14/h3-6,12,14H,7-8H2,1-2H3,(H,13,15). The van der Waals surface area contributed by atoms with Crippen molar-refractivity contribution in [2.75, 3.05) is 27.4 Å². The van der Waals surface area contributed by atoms with Crippen molar-refractivity contribution in [2.45, 2.75) is 6.29 Å². The number of hydrogen-bond donors (Lipinski definition) is 2. The number of aliphatic hydroxyl groups excluding tert-OH is 1. The SMILES string of the molecule is COC(OC)c1ccc(C(=O)NCCO)cc1. The third-order valence-electron chi connectivity index (χ3n) is 2.27. The molecular weight excluding hydrogens is 222 g/mol. The minimum absolute atomic E-state index is 0.0702. The van der Waals surface area contributed by atoms with Gasteiger partial charge in [0, 0.05) is 31.9 Å². The molecule has 0 radical (unpaired) electrons. The summed E-state index contributed by atoms with van der Waals surface area (Å²) in [6.07, 6.45) is -0.426. The van der Waals surface area contributed by atoms with Crippen LogP contribution in [0.1, 0.15) is 22.2 Å². The average Bonchev–Trinajstić information content (AvgIpc) is 2.38. The minimum atomic E-state index is -0.426. The molecule has 94 valence electrons. The summed E-state index contributed by atoms with van der Waals surface area (Å²) in [7, 11) is 3.10. The third-order valence-corrected chi connectivity index (χ3v) is 2.27. The second-order valence-electron chi connectivity index (χ2n) is 3.40. The summed E-state index contributed by atoms with van der Waals surface area (Å²) in [5.41, 5.74) is 1.38. The normalized spacial score (nSPS) is 10.6. The highest BCUT2D eigenvalue weighted by molar-refractivity contribution is 5.94. The van der Waals surface area contributed by atoms with E-state index in [1.165, 1.54) is 0 Å². The Bertz CT molecular complexity index is 346. The molecule has 0 bridgehead atoms. The number of amides is 1. The van der Waals surface area contributed by atoms with Gasteiger partial charge in [-0.25, -0.2) is 0 Å². The van der Waals surface area contributed by atoms with Gasteiger partial charge >= 0.3 is 0 Å². The number of ether oxygens (including phenoxy) is 2. The van der Waals surface area contributed by atoms with Gasteiger partial charge in [-0.2, -0.15) is 0 Å². The molecule has 0 unspecified atom stereocenters. The summed E-state index contributed by atoms with van der Waals surface area (Å²) >= 11 is 0. The van der Waals surface area contributed by atoms with Gasteiger partial charge in [0.15, 0.2) is 6.29 Å². The Morgan fingerprint density at radius 3 is 2.35 bits per heavy atom. The first kappa shape index (κ1) is 13.6. The first-order valence-corrected chi connectivity index (χ1v) is 5.27. The summed E-state index contributed by atoms with van der Waals surface area (Å²) in [5.74, 6) is -0.211. The van der Waals surface area contributed by atoms with E-state index >= 15 is 0 Å². The van der Waals surface area contributed by atoms with Crippen molar-refractivity contribution in [1.29, 1.82) is 0 Å². The van der Waals surface area contributed by atoms with Gasteiger partial charge in [0.05, 0.1) is 6.61 Å². The van der Waals surface area contributed by atoms with Crippen molar-refractivity contribution in [2.24, 2.45) is 0 Å². The van der Waals surface area contributed by atoms with Crippen molar-refractivity contribution in [3.05, 3.63) is 35.4 Å². The number of carbonyl (C=O) groups excluding carboxylic acids is 1. The maximum atomic E-state index is 11.5. The molecule has 0 aliphatic carbocycles.